The highest BCUT2D eigenvalue weighted by atomic mass is 35.5. The summed E-state index contributed by atoms with van der Waals surface area (Å²) in [6.45, 7) is 1.78. The van der Waals surface area contributed by atoms with Crippen molar-refractivity contribution in [3.8, 4) is 5.75 Å². The molecule has 98 valence electrons. The van der Waals surface area contributed by atoms with Gasteiger partial charge >= 0.3 is 0 Å². The Morgan fingerprint density at radius 3 is 2.72 bits per heavy atom. The van der Waals surface area contributed by atoms with Crippen molar-refractivity contribution in [3.05, 3.63) is 28.5 Å². The molecule has 0 unspecified atom stereocenters. The molecule has 0 spiro atoms. The van der Waals surface area contributed by atoms with E-state index in [1.807, 2.05) is 0 Å². The standard InChI is InChI=1S/C12H13ClFNO3/c1-17-9-3-2-8(13)10(11(9)14)12(16)15-4-6-18-7-5-15/h2-3H,4-7H2,1H3. The number of hydrogen-bond acceptors (Lipinski definition) is 3. The van der Waals surface area contributed by atoms with Crippen LogP contribution in [0.3, 0.4) is 0 Å². The molecule has 6 heteroatoms. The fourth-order valence-electron chi connectivity index (χ4n) is 1.81. The van der Waals surface area contributed by atoms with E-state index in [9.17, 15) is 9.18 Å². The molecule has 0 saturated carbocycles. The lowest BCUT2D eigenvalue weighted by molar-refractivity contribution is 0.0299. The minimum atomic E-state index is -0.721. The molecule has 1 aromatic rings. The quantitative estimate of drug-likeness (QED) is 0.827. The second kappa shape index (κ2) is 5.54. The summed E-state index contributed by atoms with van der Waals surface area (Å²) < 4.78 is 24.0. The van der Waals surface area contributed by atoms with Gasteiger partial charge in [-0.3, -0.25) is 4.79 Å². The van der Waals surface area contributed by atoms with Crippen LogP contribution in [0.5, 0.6) is 5.75 Å². The monoisotopic (exact) mass is 273 g/mol. The average molecular weight is 274 g/mol. The molecule has 0 radical (unpaired) electrons. The number of morpholine rings is 1. The van der Waals surface area contributed by atoms with Crippen molar-refractivity contribution < 1.29 is 18.7 Å². The number of amides is 1. The number of benzene rings is 1. The van der Waals surface area contributed by atoms with Gasteiger partial charge in [0.1, 0.15) is 0 Å². The van der Waals surface area contributed by atoms with Crippen molar-refractivity contribution in [1.82, 2.24) is 4.90 Å². The average Bonchev–Trinajstić information content (AvgIpc) is 2.40. The maximum absolute atomic E-state index is 14.1. The first-order valence-corrected chi connectivity index (χ1v) is 5.92. The fourth-order valence-corrected chi connectivity index (χ4v) is 2.04. The Morgan fingerprint density at radius 1 is 1.44 bits per heavy atom. The Labute approximate surface area is 109 Å². The highest BCUT2D eigenvalue weighted by Crippen LogP contribution is 2.28. The van der Waals surface area contributed by atoms with Crippen molar-refractivity contribution >= 4 is 17.5 Å². The molecular weight excluding hydrogens is 261 g/mol. The van der Waals surface area contributed by atoms with Crippen LogP contribution in [-0.2, 0) is 4.74 Å². The van der Waals surface area contributed by atoms with Crippen molar-refractivity contribution in [3.63, 3.8) is 0 Å². The van der Waals surface area contributed by atoms with E-state index in [1.165, 1.54) is 24.1 Å². The van der Waals surface area contributed by atoms with Gasteiger partial charge in [-0.1, -0.05) is 11.6 Å². The van der Waals surface area contributed by atoms with Gasteiger partial charge in [-0.15, -0.1) is 0 Å². The van der Waals surface area contributed by atoms with Gasteiger partial charge in [0.05, 0.1) is 30.9 Å². The van der Waals surface area contributed by atoms with E-state index in [4.69, 9.17) is 21.1 Å². The van der Waals surface area contributed by atoms with Crippen LogP contribution in [0, 0.1) is 5.82 Å². The maximum Gasteiger partial charge on any atom is 0.258 e. The smallest absolute Gasteiger partial charge is 0.258 e. The highest BCUT2D eigenvalue weighted by molar-refractivity contribution is 6.33. The second-order valence-electron chi connectivity index (χ2n) is 3.84. The number of rotatable bonds is 2. The minimum Gasteiger partial charge on any atom is -0.494 e. The van der Waals surface area contributed by atoms with Gasteiger partial charge in [-0.05, 0) is 12.1 Å². The molecule has 0 aromatic heterocycles. The Kier molecular flexibility index (Phi) is 4.04. The summed E-state index contributed by atoms with van der Waals surface area (Å²) in [4.78, 5) is 13.7. The lowest BCUT2D eigenvalue weighted by Gasteiger charge is -2.27. The predicted octanol–water partition coefficient (Wildman–Crippen LogP) is 1.96. The van der Waals surface area contributed by atoms with Crippen LogP contribution in [-0.4, -0.2) is 44.2 Å². The summed E-state index contributed by atoms with van der Waals surface area (Å²) in [6.07, 6.45) is 0. The number of ether oxygens (including phenoxy) is 2. The zero-order valence-corrected chi connectivity index (χ0v) is 10.7. The molecular formula is C12H13ClFNO3. The number of methoxy groups -OCH3 is 1. The van der Waals surface area contributed by atoms with Crippen LogP contribution in [0.15, 0.2) is 12.1 Å². The Balaban J connectivity index is 2.34. The molecule has 1 amide bonds. The van der Waals surface area contributed by atoms with Crippen LogP contribution in [0.1, 0.15) is 10.4 Å². The van der Waals surface area contributed by atoms with E-state index in [-0.39, 0.29) is 16.3 Å². The van der Waals surface area contributed by atoms with Gasteiger partial charge in [-0.2, -0.15) is 0 Å². The van der Waals surface area contributed by atoms with Gasteiger partial charge in [0.15, 0.2) is 11.6 Å². The molecule has 2 rings (SSSR count). The van der Waals surface area contributed by atoms with Crippen molar-refractivity contribution in [1.29, 1.82) is 0 Å². The molecule has 0 bridgehead atoms. The lowest BCUT2D eigenvalue weighted by atomic mass is 10.1. The van der Waals surface area contributed by atoms with Gasteiger partial charge in [-0.25, -0.2) is 4.39 Å². The van der Waals surface area contributed by atoms with Crippen molar-refractivity contribution in [2.24, 2.45) is 0 Å². The number of halogens is 2. The first-order valence-electron chi connectivity index (χ1n) is 5.54. The van der Waals surface area contributed by atoms with E-state index in [2.05, 4.69) is 0 Å². The van der Waals surface area contributed by atoms with Crippen LogP contribution < -0.4 is 4.74 Å². The summed E-state index contributed by atoms with van der Waals surface area (Å²) in [5, 5.41) is 0.0878. The number of carbonyl (C=O) groups excluding carboxylic acids is 1. The Bertz CT molecular complexity index is 461. The normalized spacial score (nSPS) is 15.6. The summed E-state index contributed by atoms with van der Waals surface area (Å²) in [5.41, 5.74) is -0.141. The third-order valence-electron chi connectivity index (χ3n) is 2.79. The second-order valence-corrected chi connectivity index (χ2v) is 4.25. The summed E-state index contributed by atoms with van der Waals surface area (Å²) in [5.74, 6) is -1.14. The molecule has 0 aliphatic carbocycles. The Morgan fingerprint density at radius 2 is 2.11 bits per heavy atom. The molecule has 1 aromatic carbocycles. The van der Waals surface area contributed by atoms with Crippen LogP contribution in [0.25, 0.3) is 0 Å². The largest absolute Gasteiger partial charge is 0.494 e. The fraction of sp³-hybridized carbons (Fsp3) is 0.417. The highest BCUT2D eigenvalue weighted by Gasteiger charge is 2.25. The van der Waals surface area contributed by atoms with Gasteiger partial charge in [0.2, 0.25) is 0 Å². The van der Waals surface area contributed by atoms with Crippen LogP contribution in [0.2, 0.25) is 5.02 Å². The molecule has 1 fully saturated rings. The molecule has 0 N–H and O–H groups in total. The lowest BCUT2D eigenvalue weighted by Crippen LogP contribution is -2.41. The predicted molar refractivity (Wildman–Crippen MR) is 64.7 cm³/mol. The van der Waals surface area contributed by atoms with E-state index in [0.717, 1.165) is 0 Å². The van der Waals surface area contributed by atoms with E-state index < -0.39 is 11.7 Å². The van der Waals surface area contributed by atoms with Gasteiger partial charge in [0, 0.05) is 13.1 Å². The Hall–Kier alpha value is -1.33. The van der Waals surface area contributed by atoms with E-state index in [1.54, 1.807) is 0 Å². The van der Waals surface area contributed by atoms with Crippen LogP contribution in [0.4, 0.5) is 4.39 Å². The number of nitrogens with zero attached hydrogens (tertiary/aromatic N) is 1. The first-order chi connectivity index (χ1) is 8.65. The van der Waals surface area contributed by atoms with E-state index >= 15 is 0 Å². The topological polar surface area (TPSA) is 38.8 Å². The molecule has 1 saturated heterocycles. The molecule has 4 nitrogen and oxygen atoms in total. The van der Waals surface area contributed by atoms with E-state index in [0.29, 0.717) is 26.3 Å². The number of carbonyl (C=O) groups is 1. The number of hydrogen-bond donors (Lipinski definition) is 0. The molecule has 18 heavy (non-hydrogen) atoms. The van der Waals surface area contributed by atoms with Crippen LogP contribution >= 0.6 is 11.6 Å². The minimum absolute atomic E-state index is 0.0102. The zero-order chi connectivity index (χ0) is 13.1. The third kappa shape index (κ3) is 2.42. The van der Waals surface area contributed by atoms with Crippen molar-refractivity contribution in [2.45, 2.75) is 0 Å². The summed E-state index contributed by atoms with van der Waals surface area (Å²) in [7, 11) is 1.34. The molecule has 0 atom stereocenters. The zero-order valence-electron chi connectivity index (χ0n) is 9.91. The van der Waals surface area contributed by atoms with Gasteiger partial charge in [0.25, 0.3) is 5.91 Å². The molecule has 1 heterocycles. The first kappa shape index (κ1) is 13.1. The third-order valence-corrected chi connectivity index (χ3v) is 3.10. The van der Waals surface area contributed by atoms with Crippen molar-refractivity contribution in [2.75, 3.05) is 33.4 Å². The maximum atomic E-state index is 14.1. The summed E-state index contributed by atoms with van der Waals surface area (Å²) in [6, 6.07) is 2.85. The summed E-state index contributed by atoms with van der Waals surface area (Å²) >= 11 is 5.90. The SMILES string of the molecule is COc1ccc(Cl)c(C(=O)N2CCOCC2)c1F. The van der Waals surface area contributed by atoms with Gasteiger partial charge < -0.3 is 14.4 Å². The molecule has 1 aliphatic heterocycles. The molecule has 1 aliphatic rings.